The molecule has 0 amide bonds. The predicted octanol–water partition coefficient (Wildman–Crippen LogP) is 26.0. The normalized spacial score (nSPS) is 12.5. The van der Waals surface area contributed by atoms with E-state index in [4.69, 9.17) is 8.37 Å². The fourth-order valence-electron chi connectivity index (χ4n) is 11.8. The number of carbonyl (C=O) groups excluding carboxylic acids is 2. The van der Waals surface area contributed by atoms with E-state index in [1.165, 1.54) is 333 Å². The summed E-state index contributed by atoms with van der Waals surface area (Å²) >= 11 is 0. The van der Waals surface area contributed by atoms with E-state index in [0.29, 0.717) is 0 Å². The van der Waals surface area contributed by atoms with E-state index < -0.39 is 20.6 Å². The van der Waals surface area contributed by atoms with E-state index in [0.717, 1.165) is 73.0 Å². The molecule has 0 aromatic carbocycles. The molecule has 0 aliphatic carbocycles. The highest BCUT2D eigenvalue weighted by molar-refractivity contribution is 8.30. The Labute approximate surface area is 495 Å². The second-order valence-corrected chi connectivity index (χ2v) is 31.6. The van der Waals surface area contributed by atoms with Crippen LogP contribution in [-0.2, 0) is 18.0 Å². The van der Waals surface area contributed by atoms with E-state index in [1.54, 1.807) is 0 Å². The number of carbonyl (C=O) groups is 2. The molecular weight excluding hydrogens is 993 g/mol. The van der Waals surface area contributed by atoms with Crippen LogP contribution in [0.1, 0.15) is 401 Å². The molecule has 0 aliphatic rings. The molecule has 0 aromatic heterocycles. The highest BCUT2D eigenvalue weighted by atomic mass is 32.3. The second-order valence-electron chi connectivity index (χ2n) is 25.0. The Hall–Kier alpha value is -0.620. The fourth-order valence-corrected chi connectivity index (χ4v) is 18.7. The van der Waals surface area contributed by atoms with Gasteiger partial charge in [0.25, 0.3) is 0 Å². The standard InChI is InChI=1S/C72H144O4S2/c1-7-13-19-25-31-37-41-47-53-59-67-77(65-57-51-45-35-29-23-17-11-5,68-60-54-48-42-38-32-26-20-14-8-2)75-71(73)63-64-72(74)76-78(66-58-52-46-36-30-24-18-12-6,69-61-55-49-43-39-33-27-21-15-9-3)70-62-56-50-44-40-34-28-22-16-10-4/h63-64H,7-62,65-70H2,1-6H3/b64-63-. The van der Waals surface area contributed by atoms with Crippen LogP contribution in [0, 0.1) is 0 Å². The number of hydrogen-bond acceptors (Lipinski definition) is 4. The van der Waals surface area contributed by atoms with Gasteiger partial charge in [0.1, 0.15) is 0 Å². The van der Waals surface area contributed by atoms with Crippen molar-refractivity contribution in [1.29, 1.82) is 0 Å². The summed E-state index contributed by atoms with van der Waals surface area (Å²) in [6.07, 6.45) is 76.5. The summed E-state index contributed by atoms with van der Waals surface area (Å²) in [6, 6.07) is 0. The first-order chi connectivity index (χ1) is 38.4. The molecule has 4 nitrogen and oxygen atoms in total. The quantitative estimate of drug-likeness (QED) is 0.0450. The van der Waals surface area contributed by atoms with Crippen molar-refractivity contribution < 1.29 is 18.0 Å². The Morgan fingerprint density at radius 1 is 0.205 bits per heavy atom. The molecule has 0 rings (SSSR count). The molecular formula is C72H144O4S2. The van der Waals surface area contributed by atoms with E-state index >= 15 is 0 Å². The van der Waals surface area contributed by atoms with Crippen LogP contribution in [0.5, 0.6) is 0 Å². The monoisotopic (exact) mass is 1140 g/mol. The third kappa shape index (κ3) is 53.4. The SMILES string of the molecule is CCCCCCCCCCCCS(CCCCCCCCCC)(CCCCCCCCCCCC)OC(=O)/C=C\C(=O)OS(CCCCCCCCCC)(CCCCCCCCCCCC)CCCCCCCCCCCC. The van der Waals surface area contributed by atoms with Crippen molar-refractivity contribution in [2.24, 2.45) is 0 Å². The van der Waals surface area contributed by atoms with Gasteiger partial charge >= 0.3 is 11.9 Å². The van der Waals surface area contributed by atoms with Crippen LogP contribution >= 0.6 is 20.6 Å². The smallest absolute Gasteiger partial charge is 0.341 e. The van der Waals surface area contributed by atoms with Gasteiger partial charge in [0.15, 0.2) is 0 Å². The van der Waals surface area contributed by atoms with Gasteiger partial charge in [-0.2, -0.15) is 0 Å². The average molecular weight is 1140 g/mol. The van der Waals surface area contributed by atoms with Gasteiger partial charge in [0, 0.05) is 46.7 Å². The molecule has 0 bridgehead atoms. The Balaban J connectivity index is 6.37. The Bertz CT molecular complexity index is 1100. The molecule has 0 fully saturated rings. The minimum Gasteiger partial charge on any atom is -0.412 e. The second kappa shape index (κ2) is 62.4. The zero-order chi connectivity index (χ0) is 56.8. The van der Waals surface area contributed by atoms with Crippen molar-refractivity contribution >= 4 is 32.6 Å². The molecule has 0 heterocycles. The Morgan fingerprint density at radius 2 is 0.321 bits per heavy atom. The number of hydrogen-bond donors (Lipinski definition) is 0. The lowest BCUT2D eigenvalue weighted by Crippen LogP contribution is -2.22. The third-order valence-corrected chi connectivity index (χ3v) is 24.3. The van der Waals surface area contributed by atoms with Crippen LogP contribution in [-0.4, -0.2) is 46.5 Å². The van der Waals surface area contributed by atoms with E-state index in [1.807, 2.05) is 0 Å². The first kappa shape index (κ1) is 77.4. The minimum absolute atomic E-state index is 0.284. The molecule has 0 saturated carbocycles. The van der Waals surface area contributed by atoms with Crippen LogP contribution < -0.4 is 0 Å². The first-order valence-corrected chi connectivity index (χ1v) is 40.2. The van der Waals surface area contributed by atoms with E-state index in [-0.39, 0.29) is 11.9 Å². The average Bonchev–Trinajstić information content (AvgIpc) is 3.44. The molecule has 0 spiro atoms. The number of rotatable bonds is 66. The summed E-state index contributed by atoms with van der Waals surface area (Å²) in [5, 5.41) is 0. The third-order valence-electron chi connectivity index (χ3n) is 17.1. The minimum atomic E-state index is -1.62. The van der Waals surface area contributed by atoms with Crippen molar-refractivity contribution in [2.75, 3.05) is 34.5 Å². The van der Waals surface area contributed by atoms with Crippen molar-refractivity contribution in [1.82, 2.24) is 0 Å². The largest absolute Gasteiger partial charge is 0.412 e. The van der Waals surface area contributed by atoms with Gasteiger partial charge in [-0.15, -0.1) is 0 Å². The molecule has 0 aromatic rings. The summed E-state index contributed by atoms with van der Waals surface area (Å²) in [5.41, 5.74) is 0. The van der Waals surface area contributed by atoms with Gasteiger partial charge in [-0.1, -0.05) is 383 Å². The lowest BCUT2D eigenvalue weighted by Gasteiger charge is -2.39. The molecule has 468 valence electrons. The zero-order valence-corrected chi connectivity index (χ0v) is 56.1. The molecule has 0 aliphatic heterocycles. The van der Waals surface area contributed by atoms with Crippen LogP contribution in [0.25, 0.3) is 0 Å². The van der Waals surface area contributed by atoms with Gasteiger partial charge in [-0.05, 0) is 38.5 Å². The molecule has 0 N–H and O–H groups in total. The first-order valence-electron chi connectivity index (χ1n) is 36.0. The van der Waals surface area contributed by atoms with Gasteiger partial charge < -0.3 is 8.37 Å². The maximum Gasteiger partial charge on any atom is 0.341 e. The Morgan fingerprint density at radius 3 is 0.449 bits per heavy atom. The van der Waals surface area contributed by atoms with Crippen LogP contribution in [0.3, 0.4) is 0 Å². The van der Waals surface area contributed by atoms with Crippen molar-refractivity contribution in [3.63, 3.8) is 0 Å². The molecule has 0 radical (unpaired) electrons. The Kier molecular flexibility index (Phi) is 61.9. The van der Waals surface area contributed by atoms with Crippen molar-refractivity contribution in [3.8, 4) is 0 Å². The van der Waals surface area contributed by atoms with Gasteiger partial charge in [-0.25, -0.2) is 9.59 Å². The van der Waals surface area contributed by atoms with Crippen LogP contribution in [0.4, 0.5) is 0 Å². The summed E-state index contributed by atoms with van der Waals surface area (Å²) in [7, 11) is -3.25. The van der Waals surface area contributed by atoms with Gasteiger partial charge in [0.2, 0.25) is 0 Å². The topological polar surface area (TPSA) is 52.6 Å². The predicted molar refractivity (Wildman–Crippen MR) is 358 cm³/mol. The molecule has 78 heavy (non-hydrogen) atoms. The summed E-state index contributed by atoms with van der Waals surface area (Å²) in [4.78, 5) is 28.6. The molecule has 0 atom stereocenters. The summed E-state index contributed by atoms with van der Waals surface area (Å²) < 4.78 is 13.8. The molecule has 0 unspecified atom stereocenters. The maximum absolute atomic E-state index is 14.3. The highest BCUT2D eigenvalue weighted by Gasteiger charge is 2.29. The lowest BCUT2D eigenvalue weighted by atomic mass is 10.1. The maximum atomic E-state index is 14.3. The van der Waals surface area contributed by atoms with Crippen LogP contribution in [0.2, 0.25) is 0 Å². The highest BCUT2D eigenvalue weighted by Crippen LogP contribution is 2.53. The summed E-state index contributed by atoms with van der Waals surface area (Å²) in [5.74, 6) is 5.63. The van der Waals surface area contributed by atoms with Crippen LogP contribution in [0.15, 0.2) is 12.2 Å². The van der Waals surface area contributed by atoms with E-state index in [2.05, 4.69) is 41.5 Å². The van der Waals surface area contributed by atoms with E-state index in [9.17, 15) is 9.59 Å². The van der Waals surface area contributed by atoms with Crippen molar-refractivity contribution in [3.05, 3.63) is 12.2 Å². The lowest BCUT2D eigenvalue weighted by molar-refractivity contribution is -0.130. The number of unbranched alkanes of at least 4 members (excludes halogenated alkanes) is 50. The van der Waals surface area contributed by atoms with Gasteiger partial charge in [-0.3, -0.25) is 0 Å². The van der Waals surface area contributed by atoms with Gasteiger partial charge in [0.05, 0.1) is 0 Å². The molecule has 6 heteroatoms. The summed E-state index contributed by atoms with van der Waals surface area (Å²) in [6.45, 7) is 13.8. The van der Waals surface area contributed by atoms with Crippen molar-refractivity contribution in [2.45, 2.75) is 401 Å². The molecule has 0 saturated heterocycles. The zero-order valence-electron chi connectivity index (χ0n) is 54.4. The fraction of sp³-hybridized carbons (Fsp3) is 0.944.